The van der Waals surface area contributed by atoms with E-state index in [1.807, 2.05) is 26.0 Å². The van der Waals surface area contributed by atoms with Crippen LogP contribution in [0.25, 0.3) is 0 Å². The smallest absolute Gasteiger partial charge is 0.120 e. The van der Waals surface area contributed by atoms with E-state index in [1.165, 1.54) is 0 Å². The fourth-order valence-electron chi connectivity index (χ4n) is 1.64. The summed E-state index contributed by atoms with van der Waals surface area (Å²) in [4.78, 5) is 0. The molecule has 1 atom stereocenters. The summed E-state index contributed by atoms with van der Waals surface area (Å²) >= 11 is 0. The summed E-state index contributed by atoms with van der Waals surface area (Å²) in [6.07, 6.45) is 6.94. The molecule has 1 rings (SSSR count). The molecule has 0 radical (unpaired) electrons. The van der Waals surface area contributed by atoms with Gasteiger partial charge in [0.05, 0.1) is 0 Å². The Bertz CT molecular complexity index is 379. The largest absolute Gasteiger partial charge is 0.508 e. The van der Waals surface area contributed by atoms with Gasteiger partial charge in [0.25, 0.3) is 0 Å². The van der Waals surface area contributed by atoms with Gasteiger partial charge in [-0.1, -0.05) is 17.7 Å². The average molecular weight is 217 g/mol. The van der Waals surface area contributed by atoms with Gasteiger partial charge in [-0.2, -0.15) is 0 Å². The van der Waals surface area contributed by atoms with E-state index in [4.69, 9.17) is 6.42 Å². The lowest BCUT2D eigenvalue weighted by molar-refractivity contribution is 0.452. The van der Waals surface area contributed by atoms with E-state index in [2.05, 4.69) is 11.2 Å². The molecule has 2 nitrogen and oxygen atoms in total. The third-order valence-electron chi connectivity index (χ3n) is 2.60. The quantitative estimate of drug-likeness (QED) is 0.587. The number of hydrogen-bond acceptors (Lipinski definition) is 2. The third kappa shape index (κ3) is 3.60. The van der Waals surface area contributed by atoms with Gasteiger partial charge in [0.15, 0.2) is 0 Å². The van der Waals surface area contributed by atoms with Gasteiger partial charge >= 0.3 is 0 Å². The van der Waals surface area contributed by atoms with Crippen molar-refractivity contribution in [2.75, 3.05) is 6.54 Å². The van der Waals surface area contributed by atoms with E-state index < -0.39 is 0 Å². The zero-order valence-corrected chi connectivity index (χ0v) is 9.96. The predicted octanol–water partition coefficient (Wildman–Crippen LogP) is 2.76. The van der Waals surface area contributed by atoms with Crippen molar-refractivity contribution in [1.82, 2.24) is 5.32 Å². The number of phenols is 1. The molecule has 1 unspecified atom stereocenters. The summed E-state index contributed by atoms with van der Waals surface area (Å²) in [5.41, 5.74) is 2.10. The first-order valence-electron chi connectivity index (χ1n) is 5.61. The highest BCUT2D eigenvalue weighted by molar-refractivity contribution is 5.37. The van der Waals surface area contributed by atoms with Crippen molar-refractivity contribution >= 4 is 0 Å². The highest BCUT2D eigenvalue weighted by atomic mass is 16.3. The monoisotopic (exact) mass is 217 g/mol. The van der Waals surface area contributed by atoms with E-state index >= 15 is 0 Å². The number of aromatic hydroxyl groups is 1. The van der Waals surface area contributed by atoms with Crippen LogP contribution in [0.5, 0.6) is 5.75 Å². The normalized spacial score (nSPS) is 12.1. The Labute approximate surface area is 97.7 Å². The molecule has 2 heteroatoms. The lowest BCUT2D eigenvalue weighted by Crippen LogP contribution is -2.19. The van der Waals surface area contributed by atoms with Gasteiger partial charge in [-0.05, 0) is 32.9 Å². The predicted molar refractivity (Wildman–Crippen MR) is 67.3 cm³/mol. The molecule has 0 aliphatic heterocycles. The first-order chi connectivity index (χ1) is 7.65. The van der Waals surface area contributed by atoms with Gasteiger partial charge in [-0.15, -0.1) is 12.3 Å². The lowest BCUT2D eigenvalue weighted by atomic mass is 10.0. The highest BCUT2D eigenvalue weighted by Crippen LogP contribution is 2.24. The van der Waals surface area contributed by atoms with Crippen LogP contribution in [0.3, 0.4) is 0 Å². The van der Waals surface area contributed by atoms with Crippen molar-refractivity contribution in [3.8, 4) is 18.1 Å². The van der Waals surface area contributed by atoms with Gasteiger partial charge in [-0.3, -0.25) is 0 Å². The van der Waals surface area contributed by atoms with Crippen molar-refractivity contribution in [2.24, 2.45) is 0 Å². The molecule has 0 heterocycles. The molecule has 86 valence electrons. The van der Waals surface area contributed by atoms with Crippen molar-refractivity contribution in [2.45, 2.75) is 32.7 Å². The second kappa shape index (κ2) is 6.19. The summed E-state index contributed by atoms with van der Waals surface area (Å²) in [6, 6.07) is 5.81. The first-order valence-corrected chi connectivity index (χ1v) is 5.61. The second-order valence-corrected chi connectivity index (χ2v) is 4.05. The maximum atomic E-state index is 9.74. The highest BCUT2D eigenvalue weighted by Gasteiger charge is 2.09. The van der Waals surface area contributed by atoms with Crippen molar-refractivity contribution in [3.63, 3.8) is 0 Å². The van der Waals surface area contributed by atoms with Crippen LogP contribution in [0.1, 0.15) is 36.9 Å². The Morgan fingerprint density at radius 2 is 2.25 bits per heavy atom. The van der Waals surface area contributed by atoms with Crippen molar-refractivity contribution < 1.29 is 5.11 Å². The summed E-state index contributed by atoms with van der Waals surface area (Å²) in [6.45, 7) is 4.94. The molecule has 0 bridgehead atoms. The molecule has 0 amide bonds. The molecule has 1 aromatic carbocycles. The van der Waals surface area contributed by atoms with Crippen molar-refractivity contribution in [3.05, 3.63) is 29.3 Å². The molecule has 0 spiro atoms. The molecule has 1 aromatic rings. The van der Waals surface area contributed by atoms with Crippen LogP contribution in [-0.2, 0) is 0 Å². The number of benzene rings is 1. The minimum Gasteiger partial charge on any atom is -0.508 e. The number of phenolic OH excluding ortho intramolecular Hbond substituents is 1. The molecule has 0 aliphatic carbocycles. The molecule has 0 aliphatic rings. The molecule has 0 saturated heterocycles. The fraction of sp³-hybridized carbons (Fsp3) is 0.429. The van der Waals surface area contributed by atoms with E-state index in [1.54, 1.807) is 6.07 Å². The van der Waals surface area contributed by atoms with Crippen LogP contribution in [-0.4, -0.2) is 11.7 Å². The maximum absolute atomic E-state index is 9.74. The molecule has 0 saturated carbocycles. The standard InChI is InChI=1S/C14H19NO/c1-4-5-6-9-15-12(3)13-10-11(2)7-8-14(13)16/h1,7-8,10,12,15-16H,5-6,9H2,2-3H3. The minimum absolute atomic E-state index is 0.151. The van der Waals surface area contributed by atoms with Crippen LogP contribution in [0.15, 0.2) is 18.2 Å². The van der Waals surface area contributed by atoms with Crippen LogP contribution >= 0.6 is 0 Å². The number of nitrogens with one attached hydrogen (secondary N) is 1. The Kier molecular flexibility index (Phi) is 4.88. The van der Waals surface area contributed by atoms with Crippen molar-refractivity contribution in [1.29, 1.82) is 0 Å². The minimum atomic E-state index is 0.151. The summed E-state index contributed by atoms with van der Waals surface area (Å²) in [5, 5.41) is 13.1. The maximum Gasteiger partial charge on any atom is 0.120 e. The van der Waals surface area contributed by atoms with Gasteiger partial charge in [-0.25, -0.2) is 0 Å². The molecule has 0 fully saturated rings. The number of rotatable bonds is 5. The van der Waals surface area contributed by atoms with Gasteiger partial charge < -0.3 is 10.4 Å². The summed E-state index contributed by atoms with van der Waals surface area (Å²) in [7, 11) is 0. The summed E-state index contributed by atoms with van der Waals surface area (Å²) < 4.78 is 0. The van der Waals surface area contributed by atoms with Gasteiger partial charge in [0, 0.05) is 18.0 Å². The third-order valence-corrected chi connectivity index (χ3v) is 2.60. The molecular formula is C14H19NO. The molecule has 0 aromatic heterocycles. The Hall–Kier alpha value is -1.46. The van der Waals surface area contributed by atoms with Crippen LogP contribution in [0.2, 0.25) is 0 Å². The van der Waals surface area contributed by atoms with Crippen LogP contribution in [0.4, 0.5) is 0 Å². The molecule has 2 N–H and O–H groups in total. The van der Waals surface area contributed by atoms with E-state index in [0.717, 1.165) is 30.5 Å². The number of terminal acetylenes is 1. The molecule has 16 heavy (non-hydrogen) atoms. The van der Waals surface area contributed by atoms with E-state index in [-0.39, 0.29) is 6.04 Å². The summed E-state index contributed by atoms with van der Waals surface area (Å²) in [5.74, 6) is 2.96. The lowest BCUT2D eigenvalue weighted by Gasteiger charge is -2.15. The number of unbranched alkanes of at least 4 members (excludes halogenated alkanes) is 1. The fourth-order valence-corrected chi connectivity index (χ4v) is 1.64. The van der Waals surface area contributed by atoms with Crippen LogP contribution < -0.4 is 5.32 Å². The molecular weight excluding hydrogens is 198 g/mol. The zero-order valence-electron chi connectivity index (χ0n) is 9.96. The Morgan fingerprint density at radius 1 is 1.50 bits per heavy atom. The SMILES string of the molecule is C#CCCCNC(C)c1cc(C)ccc1O. The Balaban J connectivity index is 2.55. The zero-order chi connectivity index (χ0) is 12.0. The first kappa shape index (κ1) is 12.6. The second-order valence-electron chi connectivity index (χ2n) is 4.05. The Morgan fingerprint density at radius 3 is 2.94 bits per heavy atom. The average Bonchev–Trinajstić information content (AvgIpc) is 2.27. The van der Waals surface area contributed by atoms with E-state index in [0.29, 0.717) is 5.75 Å². The number of hydrogen-bond donors (Lipinski definition) is 2. The van der Waals surface area contributed by atoms with E-state index in [9.17, 15) is 5.11 Å². The topological polar surface area (TPSA) is 32.3 Å². The van der Waals surface area contributed by atoms with Gasteiger partial charge in [0.1, 0.15) is 5.75 Å². The van der Waals surface area contributed by atoms with Gasteiger partial charge in [0.2, 0.25) is 0 Å². The van der Waals surface area contributed by atoms with Crippen LogP contribution in [0, 0.1) is 19.3 Å². The number of aryl methyl sites for hydroxylation is 1.